The van der Waals surface area contributed by atoms with Gasteiger partial charge in [0.2, 0.25) is 5.91 Å². The lowest BCUT2D eigenvalue weighted by Crippen LogP contribution is -2.44. The molecular weight excluding hydrogens is 422 g/mol. The highest BCUT2D eigenvalue weighted by atomic mass is 32.1. The Morgan fingerprint density at radius 2 is 2.09 bits per heavy atom. The summed E-state index contributed by atoms with van der Waals surface area (Å²) < 4.78 is 0.978. The van der Waals surface area contributed by atoms with Gasteiger partial charge in [-0.2, -0.15) is 0 Å². The van der Waals surface area contributed by atoms with Gasteiger partial charge in [0.15, 0.2) is 5.13 Å². The maximum Gasteiger partial charge on any atom is 0.251 e. The third-order valence-corrected chi connectivity index (χ3v) is 7.01. The van der Waals surface area contributed by atoms with Crippen molar-refractivity contribution in [3.05, 3.63) is 53.9 Å². The molecule has 7 nitrogen and oxygen atoms in total. The van der Waals surface area contributed by atoms with Crippen molar-refractivity contribution in [2.24, 2.45) is 5.92 Å². The minimum Gasteiger partial charge on any atom is -0.348 e. The van der Waals surface area contributed by atoms with Gasteiger partial charge in [0.25, 0.3) is 5.91 Å². The number of nitrogens with one attached hydrogen (secondary N) is 1. The van der Waals surface area contributed by atoms with E-state index in [1.54, 1.807) is 23.7 Å². The van der Waals surface area contributed by atoms with Gasteiger partial charge in [-0.3, -0.25) is 14.6 Å². The highest BCUT2D eigenvalue weighted by Gasteiger charge is 2.29. The number of aromatic nitrogens is 2. The van der Waals surface area contributed by atoms with Crippen molar-refractivity contribution < 1.29 is 9.59 Å². The lowest BCUT2D eigenvalue weighted by atomic mass is 9.97. The number of hydrogen-bond donors (Lipinski definition) is 1. The molecule has 1 fully saturated rings. The first-order valence-corrected chi connectivity index (χ1v) is 12.0. The summed E-state index contributed by atoms with van der Waals surface area (Å²) in [5, 5.41) is 3.86. The molecule has 2 amide bonds. The Balaban J connectivity index is 1.45. The maximum absolute atomic E-state index is 12.8. The van der Waals surface area contributed by atoms with Gasteiger partial charge in [0, 0.05) is 50.7 Å². The molecular formula is C24H29N5O2S. The number of fused-ring (bicyclic) bond motifs is 1. The summed E-state index contributed by atoms with van der Waals surface area (Å²) in [5.74, 6) is 0.145. The van der Waals surface area contributed by atoms with Gasteiger partial charge in [-0.25, -0.2) is 4.98 Å². The van der Waals surface area contributed by atoms with Crippen LogP contribution < -0.4 is 10.2 Å². The van der Waals surface area contributed by atoms with E-state index in [9.17, 15) is 9.59 Å². The van der Waals surface area contributed by atoms with Crippen molar-refractivity contribution in [2.75, 3.05) is 31.1 Å². The molecule has 4 rings (SSSR count). The van der Waals surface area contributed by atoms with Crippen LogP contribution in [0.2, 0.25) is 0 Å². The highest BCUT2D eigenvalue weighted by Crippen LogP contribution is 2.32. The quantitative estimate of drug-likeness (QED) is 0.593. The van der Waals surface area contributed by atoms with Crippen molar-refractivity contribution in [1.29, 1.82) is 0 Å². The van der Waals surface area contributed by atoms with Crippen LogP contribution in [0.15, 0.2) is 42.7 Å². The van der Waals surface area contributed by atoms with E-state index >= 15 is 0 Å². The molecule has 168 valence electrons. The predicted molar refractivity (Wildman–Crippen MR) is 128 cm³/mol. The van der Waals surface area contributed by atoms with Crippen molar-refractivity contribution >= 4 is 38.5 Å². The molecule has 1 N–H and O–H groups in total. The van der Waals surface area contributed by atoms with E-state index < -0.39 is 0 Å². The van der Waals surface area contributed by atoms with Gasteiger partial charge >= 0.3 is 0 Å². The number of hydrogen-bond acceptors (Lipinski definition) is 6. The van der Waals surface area contributed by atoms with Crippen LogP contribution in [0.5, 0.6) is 0 Å². The molecule has 0 radical (unpaired) electrons. The van der Waals surface area contributed by atoms with Crippen LogP contribution in [0.1, 0.15) is 42.6 Å². The number of rotatable bonds is 7. The molecule has 3 heterocycles. The van der Waals surface area contributed by atoms with E-state index in [1.165, 1.54) is 0 Å². The SMILES string of the molecule is CCN(CC)C(=O)C1CCCN(c2nc3ccc(C(=O)NCc4cccnc4)cc3s2)C1. The molecule has 1 aliphatic rings. The van der Waals surface area contributed by atoms with Crippen LogP contribution >= 0.6 is 11.3 Å². The van der Waals surface area contributed by atoms with Crippen LogP contribution in [-0.2, 0) is 11.3 Å². The minimum atomic E-state index is -0.117. The zero-order valence-electron chi connectivity index (χ0n) is 18.6. The molecule has 1 unspecified atom stereocenters. The standard InChI is InChI=1S/C24H29N5O2S/c1-3-28(4-2)23(31)19-8-6-12-29(16-19)24-27-20-10-9-18(13-21(20)32-24)22(30)26-15-17-7-5-11-25-14-17/h5,7,9-11,13-14,19H,3-4,6,8,12,15-16H2,1-2H3,(H,26,30). The minimum absolute atomic E-state index is 0.0180. The Morgan fingerprint density at radius 3 is 2.84 bits per heavy atom. The van der Waals surface area contributed by atoms with Gasteiger partial charge in [-0.05, 0) is 56.5 Å². The van der Waals surface area contributed by atoms with E-state index in [1.807, 2.05) is 49.1 Å². The van der Waals surface area contributed by atoms with Gasteiger partial charge in [-0.15, -0.1) is 0 Å². The number of piperidine rings is 1. The molecule has 1 aromatic carbocycles. The van der Waals surface area contributed by atoms with E-state index in [4.69, 9.17) is 4.98 Å². The summed E-state index contributed by atoms with van der Waals surface area (Å²) >= 11 is 1.58. The van der Waals surface area contributed by atoms with Crippen molar-refractivity contribution in [3.8, 4) is 0 Å². The summed E-state index contributed by atoms with van der Waals surface area (Å²) in [4.78, 5) is 38.4. The monoisotopic (exact) mass is 451 g/mol. The average molecular weight is 452 g/mol. The van der Waals surface area contributed by atoms with Crippen LogP contribution in [0.3, 0.4) is 0 Å². The summed E-state index contributed by atoms with van der Waals surface area (Å²) in [6, 6.07) is 9.40. The number of anilines is 1. The molecule has 32 heavy (non-hydrogen) atoms. The van der Waals surface area contributed by atoms with Crippen molar-refractivity contribution in [3.63, 3.8) is 0 Å². The number of carbonyl (C=O) groups is 2. The van der Waals surface area contributed by atoms with E-state index in [0.717, 1.165) is 53.4 Å². The number of thiazole rings is 1. The second-order valence-electron chi connectivity index (χ2n) is 8.02. The topological polar surface area (TPSA) is 78.4 Å². The largest absolute Gasteiger partial charge is 0.348 e. The molecule has 8 heteroatoms. The molecule has 0 bridgehead atoms. The Hall–Kier alpha value is -3.00. The lowest BCUT2D eigenvalue weighted by molar-refractivity contribution is -0.135. The summed E-state index contributed by atoms with van der Waals surface area (Å²) in [6.45, 7) is 7.60. The Labute approximate surface area is 192 Å². The smallest absolute Gasteiger partial charge is 0.251 e. The number of benzene rings is 1. The number of amides is 2. The fraction of sp³-hybridized carbons (Fsp3) is 0.417. The second-order valence-corrected chi connectivity index (χ2v) is 9.03. The first-order valence-electron chi connectivity index (χ1n) is 11.2. The van der Waals surface area contributed by atoms with Gasteiger partial charge in [-0.1, -0.05) is 17.4 Å². The Bertz CT molecular complexity index is 1080. The van der Waals surface area contributed by atoms with E-state index in [-0.39, 0.29) is 17.7 Å². The Morgan fingerprint density at radius 1 is 1.25 bits per heavy atom. The first kappa shape index (κ1) is 22.2. The number of carbonyl (C=O) groups excluding carboxylic acids is 2. The van der Waals surface area contributed by atoms with Crippen LogP contribution in [0, 0.1) is 5.92 Å². The van der Waals surface area contributed by atoms with Crippen molar-refractivity contribution in [2.45, 2.75) is 33.2 Å². The molecule has 0 aliphatic carbocycles. The molecule has 1 atom stereocenters. The van der Waals surface area contributed by atoms with Crippen molar-refractivity contribution in [1.82, 2.24) is 20.2 Å². The maximum atomic E-state index is 12.8. The molecule has 2 aromatic heterocycles. The summed E-state index contributed by atoms with van der Waals surface area (Å²) in [7, 11) is 0. The van der Waals surface area contributed by atoms with Gasteiger partial charge in [0.1, 0.15) is 0 Å². The Kier molecular flexibility index (Phi) is 6.99. The zero-order valence-corrected chi connectivity index (χ0v) is 19.4. The van der Waals surface area contributed by atoms with Gasteiger partial charge in [0.05, 0.1) is 16.1 Å². The lowest BCUT2D eigenvalue weighted by Gasteiger charge is -2.34. The fourth-order valence-corrected chi connectivity index (χ4v) is 5.16. The second kappa shape index (κ2) is 10.1. The normalized spacial score (nSPS) is 16.2. The zero-order chi connectivity index (χ0) is 22.5. The van der Waals surface area contributed by atoms with Crippen LogP contribution in [-0.4, -0.2) is 52.9 Å². The third kappa shape index (κ3) is 4.91. The molecule has 1 saturated heterocycles. The third-order valence-electron chi connectivity index (χ3n) is 5.93. The van der Waals surface area contributed by atoms with Gasteiger partial charge < -0.3 is 15.1 Å². The number of nitrogens with zero attached hydrogens (tertiary/aromatic N) is 4. The summed E-state index contributed by atoms with van der Waals surface area (Å²) in [5.41, 5.74) is 2.46. The first-order chi connectivity index (χ1) is 15.6. The van der Waals surface area contributed by atoms with E-state index in [2.05, 4.69) is 15.2 Å². The fourth-order valence-electron chi connectivity index (χ4n) is 4.12. The average Bonchev–Trinajstić information content (AvgIpc) is 3.27. The molecule has 0 spiro atoms. The molecule has 3 aromatic rings. The highest BCUT2D eigenvalue weighted by molar-refractivity contribution is 7.22. The molecule has 0 saturated carbocycles. The number of pyridine rings is 1. The predicted octanol–water partition coefficient (Wildman–Crippen LogP) is 3.71. The molecule has 1 aliphatic heterocycles. The van der Waals surface area contributed by atoms with E-state index in [0.29, 0.717) is 18.7 Å². The summed E-state index contributed by atoms with van der Waals surface area (Å²) in [6.07, 6.45) is 5.37. The van der Waals surface area contributed by atoms with Crippen LogP contribution in [0.25, 0.3) is 10.2 Å². The van der Waals surface area contributed by atoms with Crippen LogP contribution in [0.4, 0.5) is 5.13 Å².